The molecule has 1 aliphatic carbocycles. The average Bonchev–Trinajstić information content (AvgIpc) is 2.65. The van der Waals surface area contributed by atoms with Crippen molar-refractivity contribution in [2.24, 2.45) is 5.92 Å². The highest BCUT2D eigenvalue weighted by Gasteiger charge is 2.35. The lowest BCUT2D eigenvalue weighted by Gasteiger charge is -2.07. The van der Waals surface area contributed by atoms with E-state index in [1.807, 2.05) is 13.8 Å². The highest BCUT2D eigenvalue weighted by Crippen LogP contribution is 2.27. The van der Waals surface area contributed by atoms with Gasteiger partial charge in [-0.2, -0.15) is 0 Å². The Morgan fingerprint density at radius 3 is 2.50 bits per heavy atom. The molecular weight excluding hydrogens is 178 g/mol. The van der Waals surface area contributed by atoms with Gasteiger partial charge in [-0.25, -0.2) is 8.42 Å². The molecule has 0 radical (unpaired) electrons. The molecule has 0 amide bonds. The van der Waals surface area contributed by atoms with Crippen molar-refractivity contribution >= 4 is 10.0 Å². The molecule has 4 nitrogen and oxygen atoms in total. The molecule has 0 atom stereocenters. The lowest BCUT2D eigenvalue weighted by molar-refractivity contribution is 0.0717. The zero-order valence-corrected chi connectivity index (χ0v) is 8.23. The Bertz CT molecular complexity index is 231. The van der Waals surface area contributed by atoms with Crippen LogP contribution < -0.4 is 4.89 Å². The van der Waals surface area contributed by atoms with Crippen molar-refractivity contribution in [1.82, 2.24) is 4.89 Å². The van der Waals surface area contributed by atoms with Gasteiger partial charge in [0.15, 0.2) is 0 Å². The van der Waals surface area contributed by atoms with Crippen LogP contribution in [0.5, 0.6) is 0 Å². The first-order valence-corrected chi connectivity index (χ1v) is 5.69. The minimum Gasteiger partial charge on any atom is -0.287 e. The van der Waals surface area contributed by atoms with Gasteiger partial charge in [-0.1, -0.05) is 18.7 Å². The largest absolute Gasteiger partial charge is 0.287 e. The summed E-state index contributed by atoms with van der Waals surface area (Å²) in [6, 6.07) is 0. The molecule has 0 heterocycles. The summed E-state index contributed by atoms with van der Waals surface area (Å²) in [4.78, 5) is 6.95. The van der Waals surface area contributed by atoms with Gasteiger partial charge in [0.05, 0.1) is 11.9 Å². The molecule has 72 valence electrons. The van der Waals surface area contributed by atoms with Crippen molar-refractivity contribution in [2.45, 2.75) is 31.9 Å². The summed E-state index contributed by atoms with van der Waals surface area (Å²) in [5, 5.41) is -0.204. The fourth-order valence-corrected chi connectivity index (χ4v) is 1.85. The Morgan fingerprint density at radius 1 is 1.50 bits per heavy atom. The van der Waals surface area contributed by atoms with E-state index >= 15 is 0 Å². The number of sulfonamides is 1. The average molecular weight is 193 g/mol. The minimum atomic E-state index is -3.15. The van der Waals surface area contributed by atoms with Gasteiger partial charge in [0.2, 0.25) is 10.0 Å². The lowest BCUT2D eigenvalue weighted by Crippen LogP contribution is -2.28. The van der Waals surface area contributed by atoms with Gasteiger partial charge in [0.1, 0.15) is 0 Å². The van der Waals surface area contributed by atoms with Gasteiger partial charge < -0.3 is 0 Å². The highest BCUT2D eigenvalue weighted by molar-refractivity contribution is 7.90. The molecule has 0 aliphatic heterocycles. The van der Waals surface area contributed by atoms with E-state index < -0.39 is 10.0 Å². The van der Waals surface area contributed by atoms with Crippen LogP contribution in [0, 0.1) is 5.92 Å². The van der Waals surface area contributed by atoms with Crippen LogP contribution in [0.2, 0.25) is 0 Å². The third kappa shape index (κ3) is 3.08. The van der Waals surface area contributed by atoms with Gasteiger partial charge in [-0.05, 0) is 18.8 Å². The minimum absolute atomic E-state index is 0.204. The first kappa shape index (κ1) is 9.95. The Labute approximate surface area is 73.3 Å². The van der Waals surface area contributed by atoms with Gasteiger partial charge in [0.25, 0.3) is 0 Å². The van der Waals surface area contributed by atoms with Crippen LogP contribution in [0.4, 0.5) is 0 Å². The lowest BCUT2D eigenvalue weighted by atomic mass is 10.2. The fourth-order valence-electron chi connectivity index (χ4n) is 0.729. The molecule has 0 unspecified atom stereocenters. The summed E-state index contributed by atoms with van der Waals surface area (Å²) in [6.45, 7) is 4.35. The van der Waals surface area contributed by atoms with Crippen molar-refractivity contribution in [3.05, 3.63) is 0 Å². The second-order valence-corrected chi connectivity index (χ2v) is 5.46. The quantitative estimate of drug-likeness (QED) is 0.652. The Hall–Kier alpha value is -0.130. The van der Waals surface area contributed by atoms with E-state index in [9.17, 15) is 8.42 Å². The Kier molecular flexibility index (Phi) is 3.09. The van der Waals surface area contributed by atoms with E-state index in [0.29, 0.717) is 12.5 Å². The SMILES string of the molecule is CC(C)CONS(=O)(=O)C1CC1. The normalized spacial score (nSPS) is 18.6. The van der Waals surface area contributed by atoms with Gasteiger partial charge in [-0.15, -0.1) is 0 Å². The summed E-state index contributed by atoms with van der Waals surface area (Å²) < 4.78 is 22.3. The predicted octanol–water partition coefficient (Wildman–Crippen LogP) is 0.656. The van der Waals surface area contributed by atoms with E-state index in [2.05, 4.69) is 4.89 Å². The van der Waals surface area contributed by atoms with Crippen LogP contribution in [0.3, 0.4) is 0 Å². The summed E-state index contributed by atoms with van der Waals surface area (Å²) in [6.07, 6.45) is 1.53. The van der Waals surface area contributed by atoms with E-state index in [0.717, 1.165) is 12.8 Å². The van der Waals surface area contributed by atoms with Crippen molar-refractivity contribution in [1.29, 1.82) is 0 Å². The zero-order chi connectivity index (χ0) is 9.19. The molecule has 0 bridgehead atoms. The molecule has 12 heavy (non-hydrogen) atoms. The molecule has 5 heteroatoms. The van der Waals surface area contributed by atoms with Crippen molar-refractivity contribution < 1.29 is 13.3 Å². The van der Waals surface area contributed by atoms with Gasteiger partial charge in [0, 0.05) is 0 Å². The van der Waals surface area contributed by atoms with Gasteiger partial charge in [-0.3, -0.25) is 4.84 Å². The van der Waals surface area contributed by atoms with E-state index in [-0.39, 0.29) is 5.25 Å². The fraction of sp³-hybridized carbons (Fsp3) is 1.00. The molecular formula is C7H15NO3S. The maximum atomic E-state index is 11.1. The van der Waals surface area contributed by atoms with Crippen LogP contribution in [0.25, 0.3) is 0 Å². The van der Waals surface area contributed by atoms with E-state index in [4.69, 9.17) is 4.84 Å². The Balaban J connectivity index is 2.21. The van der Waals surface area contributed by atoms with Crippen LogP contribution in [0.15, 0.2) is 0 Å². The molecule has 1 aliphatic rings. The number of nitrogens with one attached hydrogen (secondary N) is 1. The van der Waals surface area contributed by atoms with Crippen LogP contribution in [-0.2, 0) is 14.9 Å². The van der Waals surface area contributed by atoms with Crippen LogP contribution in [0.1, 0.15) is 26.7 Å². The molecule has 1 saturated carbocycles. The third-order valence-electron chi connectivity index (χ3n) is 1.55. The first-order valence-electron chi connectivity index (χ1n) is 4.15. The topological polar surface area (TPSA) is 55.4 Å². The molecule has 1 N–H and O–H groups in total. The number of hydrogen-bond acceptors (Lipinski definition) is 3. The summed E-state index contributed by atoms with van der Waals surface area (Å²) in [5.41, 5.74) is 0. The molecule has 0 aromatic carbocycles. The summed E-state index contributed by atoms with van der Waals surface area (Å²) >= 11 is 0. The standard InChI is InChI=1S/C7H15NO3S/c1-6(2)5-11-8-12(9,10)7-3-4-7/h6-8H,3-5H2,1-2H3. The molecule has 0 aromatic heterocycles. The van der Waals surface area contributed by atoms with E-state index in [1.165, 1.54) is 0 Å². The maximum absolute atomic E-state index is 11.1. The molecule has 0 saturated heterocycles. The first-order chi connectivity index (χ1) is 5.52. The predicted molar refractivity (Wildman–Crippen MR) is 45.9 cm³/mol. The monoisotopic (exact) mass is 193 g/mol. The van der Waals surface area contributed by atoms with Crippen molar-refractivity contribution in [2.75, 3.05) is 6.61 Å². The van der Waals surface area contributed by atoms with Crippen molar-refractivity contribution in [3.63, 3.8) is 0 Å². The van der Waals surface area contributed by atoms with Crippen LogP contribution >= 0.6 is 0 Å². The summed E-state index contributed by atoms with van der Waals surface area (Å²) in [5.74, 6) is 0.340. The third-order valence-corrected chi connectivity index (χ3v) is 3.25. The second-order valence-electron chi connectivity index (χ2n) is 3.53. The Morgan fingerprint density at radius 2 is 2.08 bits per heavy atom. The molecule has 0 aromatic rings. The maximum Gasteiger partial charge on any atom is 0.236 e. The van der Waals surface area contributed by atoms with Crippen LogP contribution in [-0.4, -0.2) is 20.3 Å². The molecule has 1 fully saturated rings. The number of hydrogen-bond donors (Lipinski definition) is 1. The van der Waals surface area contributed by atoms with Crippen molar-refractivity contribution in [3.8, 4) is 0 Å². The summed E-state index contributed by atoms with van der Waals surface area (Å²) in [7, 11) is -3.15. The highest BCUT2D eigenvalue weighted by atomic mass is 32.2. The zero-order valence-electron chi connectivity index (χ0n) is 7.41. The smallest absolute Gasteiger partial charge is 0.236 e. The second kappa shape index (κ2) is 3.72. The molecule has 0 spiro atoms. The van der Waals surface area contributed by atoms with Gasteiger partial charge >= 0.3 is 0 Å². The molecule has 1 rings (SSSR count). The number of rotatable bonds is 5. The van der Waals surface area contributed by atoms with E-state index in [1.54, 1.807) is 0 Å².